The number of unbranched alkanes of at least 4 members (excludes halogenated alkanes) is 3. The fourth-order valence-electron chi connectivity index (χ4n) is 1.92. The minimum atomic E-state index is -0.926. The fraction of sp³-hybridized carbons (Fsp3) is 0.471. The number of ether oxygens (including phenoxy) is 2. The van der Waals surface area contributed by atoms with Crippen molar-refractivity contribution < 1.29 is 19.4 Å². The van der Waals surface area contributed by atoms with E-state index in [-0.39, 0.29) is 5.57 Å². The number of aliphatic carboxylic acids is 1. The van der Waals surface area contributed by atoms with Gasteiger partial charge in [0.15, 0.2) is 11.5 Å². The molecule has 4 nitrogen and oxygen atoms in total. The van der Waals surface area contributed by atoms with Crippen LogP contribution in [0.3, 0.4) is 0 Å². The number of methoxy groups -OCH3 is 1. The Hall–Kier alpha value is -1.97. The molecule has 0 aliphatic carbocycles. The molecule has 0 aliphatic rings. The summed E-state index contributed by atoms with van der Waals surface area (Å²) in [5, 5.41) is 8.89. The summed E-state index contributed by atoms with van der Waals surface area (Å²) in [6.45, 7) is 4.40. The molecule has 1 aromatic rings. The normalized spacial score (nSPS) is 11.3. The molecule has 1 aromatic carbocycles. The molecular weight excluding hydrogens is 268 g/mol. The molecule has 0 aliphatic heterocycles. The van der Waals surface area contributed by atoms with Gasteiger partial charge in [-0.25, -0.2) is 4.79 Å². The van der Waals surface area contributed by atoms with Crippen molar-refractivity contribution in [2.45, 2.75) is 39.5 Å². The van der Waals surface area contributed by atoms with Crippen LogP contribution in [0.1, 0.15) is 45.1 Å². The number of hydrogen-bond donors (Lipinski definition) is 1. The maximum atomic E-state index is 10.8. The monoisotopic (exact) mass is 292 g/mol. The van der Waals surface area contributed by atoms with Crippen LogP contribution in [0.5, 0.6) is 11.5 Å². The highest BCUT2D eigenvalue weighted by Crippen LogP contribution is 2.29. The summed E-state index contributed by atoms with van der Waals surface area (Å²) in [4.78, 5) is 10.8. The largest absolute Gasteiger partial charge is 0.493 e. The first kappa shape index (κ1) is 17.1. The molecule has 0 saturated heterocycles. The molecule has 0 amide bonds. The van der Waals surface area contributed by atoms with E-state index in [0.29, 0.717) is 18.1 Å². The second kappa shape index (κ2) is 9.06. The van der Waals surface area contributed by atoms with Crippen LogP contribution in [0.2, 0.25) is 0 Å². The highest BCUT2D eigenvalue weighted by molar-refractivity contribution is 5.91. The van der Waals surface area contributed by atoms with E-state index in [4.69, 9.17) is 14.6 Å². The number of carboxylic acid groups (broad SMARTS) is 1. The van der Waals surface area contributed by atoms with Crippen LogP contribution in [-0.2, 0) is 4.79 Å². The van der Waals surface area contributed by atoms with Crippen LogP contribution in [0.4, 0.5) is 0 Å². The molecular formula is C17H24O4. The third-order valence-corrected chi connectivity index (χ3v) is 3.16. The molecule has 116 valence electrons. The third-order valence-electron chi connectivity index (χ3n) is 3.16. The highest BCUT2D eigenvalue weighted by Gasteiger charge is 2.06. The first-order chi connectivity index (χ1) is 10.1. The van der Waals surface area contributed by atoms with E-state index < -0.39 is 5.97 Å². The Bertz CT molecular complexity index is 492. The maximum absolute atomic E-state index is 10.8. The quantitative estimate of drug-likeness (QED) is 0.549. The average Bonchev–Trinajstić information content (AvgIpc) is 2.47. The molecule has 0 unspecified atom stereocenters. The lowest BCUT2D eigenvalue weighted by Crippen LogP contribution is -2.00. The Labute approximate surface area is 126 Å². The van der Waals surface area contributed by atoms with Gasteiger partial charge in [-0.3, -0.25) is 0 Å². The molecule has 0 heterocycles. The van der Waals surface area contributed by atoms with E-state index in [1.165, 1.54) is 12.8 Å². The first-order valence-electron chi connectivity index (χ1n) is 7.31. The molecule has 0 atom stereocenters. The van der Waals surface area contributed by atoms with E-state index in [9.17, 15) is 4.79 Å². The van der Waals surface area contributed by atoms with E-state index in [0.717, 1.165) is 18.4 Å². The van der Waals surface area contributed by atoms with Gasteiger partial charge in [0, 0.05) is 5.57 Å². The van der Waals surface area contributed by atoms with Crippen molar-refractivity contribution in [3.63, 3.8) is 0 Å². The molecule has 21 heavy (non-hydrogen) atoms. The van der Waals surface area contributed by atoms with Gasteiger partial charge in [-0.1, -0.05) is 32.3 Å². The summed E-state index contributed by atoms with van der Waals surface area (Å²) >= 11 is 0. The molecule has 0 bridgehead atoms. The summed E-state index contributed by atoms with van der Waals surface area (Å²) in [6.07, 6.45) is 6.22. The van der Waals surface area contributed by atoms with Gasteiger partial charge < -0.3 is 14.6 Å². The summed E-state index contributed by atoms with van der Waals surface area (Å²) in [5.41, 5.74) is 1.07. The molecule has 0 saturated carbocycles. The van der Waals surface area contributed by atoms with Crippen LogP contribution in [0.15, 0.2) is 23.8 Å². The number of carbonyl (C=O) groups is 1. The van der Waals surface area contributed by atoms with E-state index >= 15 is 0 Å². The van der Waals surface area contributed by atoms with E-state index in [1.807, 2.05) is 12.1 Å². The van der Waals surface area contributed by atoms with Gasteiger partial charge in [0.05, 0.1) is 13.7 Å². The van der Waals surface area contributed by atoms with E-state index in [1.54, 1.807) is 26.2 Å². The lowest BCUT2D eigenvalue weighted by Gasteiger charge is -2.11. The molecule has 4 heteroatoms. The van der Waals surface area contributed by atoms with Crippen molar-refractivity contribution >= 4 is 12.0 Å². The topological polar surface area (TPSA) is 55.8 Å². The number of benzene rings is 1. The zero-order valence-corrected chi connectivity index (χ0v) is 13.0. The predicted octanol–water partition coefficient (Wildman–Crippen LogP) is 4.14. The number of rotatable bonds is 9. The third kappa shape index (κ3) is 5.90. The van der Waals surface area contributed by atoms with Crippen molar-refractivity contribution in [1.82, 2.24) is 0 Å². The highest BCUT2D eigenvalue weighted by atomic mass is 16.5. The first-order valence-corrected chi connectivity index (χ1v) is 7.31. The zero-order chi connectivity index (χ0) is 15.7. The lowest BCUT2D eigenvalue weighted by molar-refractivity contribution is -0.132. The van der Waals surface area contributed by atoms with Crippen LogP contribution < -0.4 is 9.47 Å². The van der Waals surface area contributed by atoms with Crippen molar-refractivity contribution in [3.05, 3.63) is 29.3 Å². The Morgan fingerprint density at radius 1 is 1.24 bits per heavy atom. The summed E-state index contributed by atoms with van der Waals surface area (Å²) in [5.74, 6) is 0.391. The van der Waals surface area contributed by atoms with Crippen molar-refractivity contribution in [2.24, 2.45) is 0 Å². The van der Waals surface area contributed by atoms with Crippen LogP contribution in [0, 0.1) is 0 Å². The summed E-state index contributed by atoms with van der Waals surface area (Å²) in [7, 11) is 1.58. The van der Waals surface area contributed by atoms with Gasteiger partial charge >= 0.3 is 5.97 Å². The Morgan fingerprint density at radius 3 is 2.62 bits per heavy atom. The average molecular weight is 292 g/mol. The lowest BCUT2D eigenvalue weighted by atomic mass is 10.1. The smallest absolute Gasteiger partial charge is 0.331 e. The number of hydrogen-bond acceptors (Lipinski definition) is 3. The van der Waals surface area contributed by atoms with Crippen molar-refractivity contribution in [1.29, 1.82) is 0 Å². The molecule has 0 aromatic heterocycles. The van der Waals surface area contributed by atoms with Crippen LogP contribution >= 0.6 is 0 Å². The molecule has 0 fully saturated rings. The minimum absolute atomic E-state index is 0.283. The SMILES string of the molecule is CCCCCCOc1ccc(/C=C(\C)C(=O)O)cc1OC. The van der Waals surface area contributed by atoms with Gasteiger partial charge in [-0.2, -0.15) is 0 Å². The Kier molecular flexibility index (Phi) is 7.37. The maximum Gasteiger partial charge on any atom is 0.331 e. The standard InChI is InChI=1S/C17H24O4/c1-4-5-6-7-10-21-15-9-8-14(12-16(15)20-3)11-13(2)17(18)19/h8-9,11-12H,4-7,10H2,1-3H3,(H,18,19)/b13-11+. The van der Waals surface area contributed by atoms with Crippen molar-refractivity contribution in [3.8, 4) is 11.5 Å². The minimum Gasteiger partial charge on any atom is -0.493 e. The summed E-state index contributed by atoms with van der Waals surface area (Å²) in [6, 6.07) is 5.43. The Morgan fingerprint density at radius 2 is 2.00 bits per heavy atom. The number of carboxylic acids is 1. The van der Waals surface area contributed by atoms with E-state index in [2.05, 4.69) is 6.92 Å². The van der Waals surface area contributed by atoms with Gasteiger partial charge in [0.1, 0.15) is 0 Å². The van der Waals surface area contributed by atoms with Gasteiger partial charge in [-0.05, 0) is 37.1 Å². The van der Waals surface area contributed by atoms with Gasteiger partial charge in [0.25, 0.3) is 0 Å². The second-order valence-electron chi connectivity index (χ2n) is 4.95. The van der Waals surface area contributed by atoms with Gasteiger partial charge in [-0.15, -0.1) is 0 Å². The van der Waals surface area contributed by atoms with Crippen LogP contribution in [0.25, 0.3) is 6.08 Å². The summed E-state index contributed by atoms with van der Waals surface area (Å²) < 4.78 is 11.0. The fourth-order valence-corrected chi connectivity index (χ4v) is 1.92. The van der Waals surface area contributed by atoms with Gasteiger partial charge in [0.2, 0.25) is 0 Å². The zero-order valence-electron chi connectivity index (χ0n) is 13.0. The second-order valence-corrected chi connectivity index (χ2v) is 4.95. The molecule has 0 radical (unpaired) electrons. The van der Waals surface area contributed by atoms with Crippen molar-refractivity contribution in [2.75, 3.05) is 13.7 Å². The molecule has 1 N–H and O–H groups in total. The Balaban J connectivity index is 2.70. The predicted molar refractivity (Wildman–Crippen MR) is 83.9 cm³/mol. The molecule has 0 spiro atoms. The molecule has 1 rings (SSSR count). The van der Waals surface area contributed by atoms with Crippen LogP contribution in [-0.4, -0.2) is 24.8 Å².